The topological polar surface area (TPSA) is 119 Å². The standard InChI is InChI=1S/C19H18N2O6/c1-9(22)26-12-3-2-10-8-13-19(25)5-4-11(23)16-18(19,14(10)15(12)27-16)6-7-21(13)17(20)24/h2-5,13,16,25H,6-8H2,1H3,(H2,20,24)/t13-,16+,18+,19-/m1/s1. The van der Waals surface area contributed by atoms with Gasteiger partial charge in [0.05, 0.1) is 11.5 Å². The van der Waals surface area contributed by atoms with E-state index in [0.717, 1.165) is 5.56 Å². The van der Waals surface area contributed by atoms with E-state index in [1.807, 2.05) is 0 Å². The lowest BCUT2D eigenvalue weighted by Crippen LogP contribution is -2.76. The summed E-state index contributed by atoms with van der Waals surface area (Å²) >= 11 is 0. The van der Waals surface area contributed by atoms with Crippen LogP contribution in [0, 0.1) is 0 Å². The third kappa shape index (κ3) is 1.74. The SMILES string of the molecule is CC(=O)Oc1ccc2c3c1O[C@H]1C(=O)C=C[C@@]4(O)[C@@H](C2)N(C(N)=O)CC[C@]314. The molecule has 140 valence electrons. The number of nitrogens with zero attached hydrogens (tertiary/aromatic N) is 1. The van der Waals surface area contributed by atoms with E-state index < -0.39 is 35.2 Å². The average molecular weight is 370 g/mol. The van der Waals surface area contributed by atoms with Gasteiger partial charge in [0.2, 0.25) is 0 Å². The molecule has 1 fully saturated rings. The molecule has 8 nitrogen and oxygen atoms in total. The monoisotopic (exact) mass is 370 g/mol. The van der Waals surface area contributed by atoms with E-state index in [4.69, 9.17) is 15.2 Å². The Labute approximate surface area is 154 Å². The minimum atomic E-state index is -1.49. The van der Waals surface area contributed by atoms with Crippen molar-refractivity contribution < 1.29 is 29.0 Å². The Morgan fingerprint density at radius 2 is 2.19 bits per heavy atom. The number of hydrogen-bond acceptors (Lipinski definition) is 6. The largest absolute Gasteiger partial charge is 0.477 e. The van der Waals surface area contributed by atoms with Crippen molar-refractivity contribution >= 4 is 17.8 Å². The molecule has 2 heterocycles. The summed E-state index contributed by atoms with van der Waals surface area (Å²) in [5, 5.41) is 11.7. The van der Waals surface area contributed by atoms with Crippen LogP contribution >= 0.6 is 0 Å². The van der Waals surface area contributed by atoms with Gasteiger partial charge in [0, 0.05) is 19.0 Å². The number of rotatable bonds is 1. The van der Waals surface area contributed by atoms with Gasteiger partial charge in [0.25, 0.3) is 0 Å². The molecule has 0 unspecified atom stereocenters. The molecule has 1 aromatic carbocycles. The molecule has 0 radical (unpaired) electrons. The van der Waals surface area contributed by atoms with Crippen LogP contribution in [0.5, 0.6) is 11.5 Å². The molecule has 5 rings (SSSR count). The summed E-state index contributed by atoms with van der Waals surface area (Å²) in [6.45, 7) is 1.59. The predicted octanol–water partition coefficient (Wildman–Crippen LogP) is 0.190. The van der Waals surface area contributed by atoms with Gasteiger partial charge in [-0.1, -0.05) is 6.07 Å². The Morgan fingerprint density at radius 3 is 2.89 bits per heavy atom. The molecule has 2 bridgehead atoms. The number of primary amides is 1. The van der Waals surface area contributed by atoms with Crippen LogP contribution in [-0.4, -0.2) is 52.1 Å². The van der Waals surface area contributed by atoms with Gasteiger partial charge in [-0.05, 0) is 36.6 Å². The second kappa shape index (κ2) is 4.89. The molecule has 27 heavy (non-hydrogen) atoms. The smallest absolute Gasteiger partial charge is 0.315 e. The molecule has 2 aliphatic carbocycles. The van der Waals surface area contributed by atoms with Crippen LogP contribution in [0.2, 0.25) is 0 Å². The lowest BCUT2D eigenvalue weighted by Gasteiger charge is -2.60. The van der Waals surface area contributed by atoms with Crippen LogP contribution in [0.3, 0.4) is 0 Å². The summed E-state index contributed by atoms with van der Waals surface area (Å²) in [4.78, 5) is 37.6. The number of nitrogens with two attached hydrogens (primary N) is 1. The first-order chi connectivity index (χ1) is 12.8. The first kappa shape index (κ1) is 16.3. The van der Waals surface area contributed by atoms with Crippen LogP contribution in [0.1, 0.15) is 24.5 Å². The predicted molar refractivity (Wildman–Crippen MR) is 91.3 cm³/mol. The third-order valence-corrected chi connectivity index (χ3v) is 6.39. The maximum absolute atomic E-state index is 12.7. The van der Waals surface area contributed by atoms with Crippen molar-refractivity contribution in [2.45, 2.75) is 42.9 Å². The Balaban J connectivity index is 1.80. The van der Waals surface area contributed by atoms with Gasteiger partial charge >= 0.3 is 12.0 Å². The Hall–Kier alpha value is -2.87. The molecule has 1 spiro atoms. The molecular formula is C19H18N2O6. The van der Waals surface area contributed by atoms with Crippen LogP contribution in [0.4, 0.5) is 4.79 Å². The lowest BCUT2D eigenvalue weighted by molar-refractivity contribution is -0.148. The van der Waals surface area contributed by atoms with Crippen LogP contribution in [0.15, 0.2) is 24.3 Å². The zero-order valence-electron chi connectivity index (χ0n) is 14.6. The summed E-state index contributed by atoms with van der Waals surface area (Å²) < 4.78 is 11.3. The fraction of sp³-hybridized carbons (Fsp3) is 0.421. The third-order valence-electron chi connectivity index (χ3n) is 6.39. The number of esters is 1. The molecule has 1 saturated heterocycles. The van der Waals surface area contributed by atoms with E-state index in [2.05, 4.69) is 0 Å². The van der Waals surface area contributed by atoms with E-state index in [1.54, 1.807) is 12.1 Å². The summed E-state index contributed by atoms with van der Waals surface area (Å²) in [7, 11) is 0. The summed E-state index contributed by atoms with van der Waals surface area (Å²) in [6.07, 6.45) is 2.52. The molecule has 4 aliphatic rings. The van der Waals surface area contributed by atoms with Crippen molar-refractivity contribution in [3.8, 4) is 11.5 Å². The van der Waals surface area contributed by atoms with Crippen molar-refractivity contribution in [3.05, 3.63) is 35.4 Å². The van der Waals surface area contributed by atoms with Crippen molar-refractivity contribution in [1.82, 2.24) is 4.90 Å². The fourth-order valence-corrected chi connectivity index (χ4v) is 5.41. The van der Waals surface area contributed by atoms with Crippen molar-refractivity contribution in [2.24, 2.45) is 5.73 Å². The van der Waals surface area contributed by atoms with Gasteiger partial charge in [0.1, 0.15) is 5.60 Å². The van der Waals surface area contributed by atoms with E-state index >= 15 is 0 Å². The number of urea groups is 1. The molecule has 2 aliphatic heterocycles. The van der Waals surface area contributed by atoms with Crippen LogP contribution in [-0.2, 0) is 21.4 Å². The quantitative estimate of drug-likeness (QED) is 0.538. The zero-order valence-corrected chi connectivity index (χ0v) is 14.6. The molecule has 3 N–H and O–H groups in total. The van der Waals surface area contributed by atoms with Crippen molar-refractivity contribution in [2.75, 3.05) is 6.54 Å². The van der Waals surface area contributed by atoms with Crippen LogP contribution < -0.4 is 15.2 Å². The zero-order chi connectivity index (χ0) is 19.1. The van der Waals surface area contributed by atoms with Gasteiger partial charge in [-0.2, -0.15) is 0 Å². The number of aliphatic hydroxyl groups is 1. The highest BCUT2D eigenvalue weighted by atomic mass is 16.6. The summed E-state index contributed by atoms with van der Waals surface area (Å²) in [6, 6.07) is 2.21. The molecule has 8 heteroatoms. The second-order valence-electron chi connectivity index (χ2n) is 7.55. The maximum atomic E-state index is 12.7. The number of amides is 2. The van der Waals surface area contributed by atoms with Crippen LogP contribution in [0.25, 0.3) is 0 Å². The molecule has 0 saturated carbocycles. The Morgan fingerprint density at radius 1 is 1.41 bits per heavy atom. The number of ether oxygens (including phenoxy) is 2. The number of carbonyl (C=O) groups excluding carboxylic acids is 3. The maximum Gasteiger partial charge on any atom is 0.315 e. The number of carbonyl (C=O) groups is 3. The number of benzene rings is 1. The average Bonchev–Trinajstić information content (AvgIpc) is 2.94. The number of piperidine rings is 1. The normalized spacial score (nSPS) is 34.7. The van der Waals surface area contributed by atoms with Crippen molar-refractivity contribution in [1.29, 1.82) is 0 Å². The van der Waals surface area contributed by atoms with E-state index in [0.29, 0.717) is 30.7 Å². The van der Waals surface area contributed by atoms with Gasteiger partial charge < -0.3 is 25.2 Å². The molecular weight excluding hydrogens is 352 g/mol. The Kier molecular flexibility index (Phi) is 2.95. The molecule has 0 aromatic heterocycles. The number of likely N-dealkylation sites (tertiary alicyclic amines) is 1. The second-order valence-corrected chi connectivity index (χ2v) is 7.55. The fourth-order valence-electron chi connectivity index (χ4n) is 5.41. The highest BCUT2D eigenvalue weighted by Crippen LogP contribution is 2.63. The van der Waals surface area contributed by atoms with Gasteiger partial charge in [-0.25, -0.2) is 4.79 Å². The first-order valence-electron chi connectivity index (χ1n) is 8.82. The summed E-state index contributed by atoms with van der Waals surface area (Å²) in [5.74, 6) is -0.201. The highest BCUT2D eigenvalue weighted by Gasteiger charge is 2.72. The van der Waals surface area contributed by atoms with Gasteiger partial charge in [-0.3, -0.25) is 9.59 Å². The van der Waals surface area contributed by atoms with Crippen molar-refractivity contribution in [3.63, 3.8) is 0 Å². The first-order valence-corrected chi connectivity index (χ1v) is 8.82. The lowest BCUT2D eigenvalue weighted by atomic mass is 9.51. The Bertz CT molecular complexity index is 956. The summed E-state index contributed by atoms with van der Waals surface area (Å²) in [5.41, 5.74) is 4.58. The number of hydrogen-bond donors (Lipinski definition) is 2. The van der Waals surface area contributed by atoms with Gasteiger partial charge in [0.15, 0.2) is 23.4 Å². The minimum Gasteiger partial charge on any atom is -0.477 e. The highest BCUT2D eigenvalue weighted by molar-refractivity contribution is 5.99. The molecule has 2 amide bonds. The van der Waals surface area contributed by atoms with E-state index in [9.17, 15) is 19.5 Å². The van der Waals surface area contributed by atoms with E-state index in [1.165, 1.54) is 24.0 Å². The van der Waals surface area contributed by atoms with Gasteiger partial charge in [-0.15, -0.1) is 0 Å². The van der Waals surface area contributed by atoms with E-state index in [-0.39, 0.29) is 11.5 Å². The molecule has 1 aromatic rings. The molecule has 4 atom stereocenters. The minimum absolute atomic E-state index is 0.232. The number of ketones is 1.